The van der Waals surface area contributed by atoms with Gasteiger partial charge in [-0.1, -0.05) is 15.9 Å². The summed E-state index contributed by atoms with van der Waals surface area (Å²) in [6.07, 6.45) is 0.850. The molecule has 0 aromatic heterocycles. The van der Waals surface area contributed by atoms with E-state index in [0.29, 0.717) is 0 Å². The number of hydrogen-bond acceptors (Lipinski definition) is 2. The molecule has 2 nitrogen and oxygen atoms in total. The van der Waals surface area contributed by atoms with Crippen molar-refractivity contribution < 1.29 is 4.74 Å². The summed E-state index contributed by atoms with van der Waals surface area (Å²) in [6, 6.07) is 2.27. The molecule has 0 saturated carbocycles. The van der Waals surface area contributed by atoms with Crippen molar-refractivity contribution in [2.75, 3.05) is 7.11 Å². The highest BCUT2D eigenvalue weighted by Crippen LogP contribution is 2.33. The molecule has 0 heterocycles. The first-order valence-corrected chi connectivity index (χ1v) is 5.84. The number of hydrogen-bond donors (Lipinski definition) is 1. The molecule has 0 aliphatic carbocycles. The number of aryl methyl sites for hydroxylation is 1. The van der Waals surface area contributed by atoms with Gasteiger partial charge in [-0.15, -0.1) is 0 Å². The average Bonchev–Trinajstić information content (AvgIpc) is 2.14. The molecular formula is C12H18BrNO. The molecule has 0 spiro atoms. The summed E-state index contributed by atoms with van der Waals surface area (Å²) in [5.41, 5.74) is 9.42. The van der Waals surface area contributed by atoms with E-state index >= 15 is 0 Å². The number of rotatable bonds is 3. The van der Waals surface area contributed by atoms with Crippen LogP contribution in [0.1, 0.15) is 23.6 Å². The van der Waals surface area contributed by atoms with Crippen molar-refractivity contribution >= 4 is 15.9 Å². The highest BCUT2D eigenvalue weighted by molar-refractivity contribution is 9.10. The zero-order chi connectivity index (χ0) is 11.6. The van der Waals surface area contributed by atoms with Gasteiger partial charge in [0.25, 0.3) is 0 Å². The minimum atomic E-state index is 0.151. The molecule has 0 fully saturated rings. The molecule has 2 N–H and O–H groups in total. The molecule has 1 aromatic carbocycles. The fourth-order valence-electron chi connectivity index (χ4n) is 1.75. The van der Waals surface area contributed by atoms with Gasteiger partial charge >= 0.3 is 0 Å². The molecule has 1 rings (SSSR count). The fourth-order valence-corrected chi connectivity index (χ4v) is 2.27. The smallest absolute Gasteiger partial charge is 0.126 e. The average molecular weight is 272 g/mol. The van der Waals surface area contributed by atoms with E-state index in [9.17, 15) is 0 Å². The van der Waals surface area contributed by atoms with Crippen molar-refractivity contribution in [1.82, 2.24) is 0 Å². The lowest BCUT2D eigenvalue weighted by Gasteiger charge is -2.17. The third kappa shape index (κ3) is 2.73. The lowest BCUT2D eigenvalue weighted by molar-refractivity contribution is 0.404. The molecule has 0 aliphatic heterocycles. The molecule has 0 aliphatic rings. The van der Waals surface area contributed by atoms with Crippen molar-refractivity contribution in [3.63, 3.8) is 0 Å². The van der Waals surface area contributed by atoms with E-state index in [1.165, 1.54) is 11.1 Å². The van der Waals surface area contributed by atoms with E-state index in [-0.39, 0.29) is 6.04 Å². The van der Waals surface area contributed by atoms with E-state index < -0.39 is 0 Å². The summed E-state index contributed by atoms with van der Waals surface area (Å²) in [5.74, 6) is 0.958. The molecule has 0 amide bonds. The maximum Gasteiger partial charge on any atom is 0.126 e. The Kier molecular flexibility index (Phi) is 4.17. The predicted molar refractivity (Wildman–Crippen MR) is 67.5 cm³/mol. The molecule has 15 heavy (non-hydrogen) atoms. The second-order valence-electron chi connectivity index (χ2n) is 3.99. The van der Waals surface area contributed by atoms with Crippen molar-refractivity contribution in [2.24, 2.45) is 5.73 Å². The molecule has 1 atom stereocenters. The van der Waals surface area contributed by atoms with E-state index in [0.717, 1.165) is 22.2 Å². The molecule has 1 aromatic rings. The van der Waals surface area contributed by atoms with Crippen LogP contribution in [0.4, 0.5) is 0 Å². The van der Waals surface area contributed by atoms with E-state index in [4.69, 9.17) is 10.5 Å². The molecular weight excluding hydrogens is 254 g/mol. The monoisotopic (exact) mass is 271 g/mol. The molecule has 0 radical (unpaired) electrons. The second kappa shape index (κ2) is 4.99. The normalized spacial score (nSPS) is 12.7. The number of benzene rings is 1. The van der Waals surface area contributed by atoms with Crippen LogP contribution in [0.3, 0.4) is 0 Å². The van der Waals surface area contributed by atoms with Crippen LogP contribution in [-0.4, -0.2) is 13.2 Å². The quantitative estimate of drug-likeness (QED) is 0.918. The van der Waals surface area contributed by atoms with Crippen LogP contribution in [0.5, 0.6) is 5.75 Å². The van der Waals surface area contributed by atoms with Crippen LogP contribution in [-0.2, 0) is 6.42 Å². The van der Waals surface area contributed by atoms with Gasteiger partial charge in [-0.25, -0.2) is 0 Å². The first kappa shape index (κ1) is 12.5. The Labute approximate surface area is 99.9 Å². The van der Waals surface area contributed by atoms with Crippen LogP contribution in [0.2, 0.25) is 0 Å². The minimum Gasteiger partial charge on any atom is -0.496 e. The van der Waals surface area contributed by atoms with Crippen LogP contribution in [0.15, 0.2) is 10.5 Å². The Hall–Kier alpha value is -0.540. The van der Waals surface area contributed by atoms with E-state index in [1.807, 2.05) is 13.8 Å². The summed E-state index contributed by atoms with van der Waals surface area (Å²) in [6.45, 7) is 6.15. The highest BCUT2D eigenvalue weighted by atomic mass is 79.9. The standard InChI is InChI=1S/C12H18BrNO/c1-7-5-11(13)9(3)12(15-4)10(7)6-8(2)14/h5,8H,6,14H2,1-4H3. The Morgan fingerprint density at radius 2 is 2.07 bits per heavy atom. The largest absolute Gasteiger partial charge is 0.496 e. The van der Waals surface area contributed by atoms with Crippen LogP contribution in [0, 0.1) is 13.8 Å². The van der Waals surface area contributed by atoms with Crippen molar-refractivity contribution in [3.05, 3.63) is 27.2 Å². The van der Waals surface area contributed by atoms with Crippen molar-refractivity contribution in [3.8, 4) is 5.75 Å². The maximum absolute atomic E-state index is 5.84. The van der Waals surface area contributed by atoms with Gasteiger partial charge in [0.2, 0.25) is 0 Å². The van der Waals surface area contributed by atoms with Gasteiger partial charge in [-0.2, -0.15) is 0 Å². The number of halogens is 1. The van der Waals surface area contributed by atoms with Crippen molar-refractivity contribution in [2.45, 2.75) is 33.2 Å². The van der Waals surface area contributed by atoms with Crippen LogP contribution in [0.25, 0.3) is 0 Å². The minimum absolute atomic E-state index is 0.151. The summed E-state index contributed by atoms with van der Waals surface area (Å²) in [5, 5.41) is 0. The Morgan fingerprint density at radius 3 is 2.53 bits per heavy atom. The molecule has 3 heteroatoms. The Balaban J connectivity index is 3.29. The Bertz CT molecular complexity index is 361. The fraction of sp³-hybridized carbons (Fsp3) is 0.500. The van der Waals surface area contributed by atoms with Gasteiger partial charge in [0, 0.05) is 16.1 Å². The third-order valence-electron chi connectivity index (χ3n) is 2.52. The van der Waals surface area contributed by atoms with E-state index in [2.05, 4.69) is 28.9 Å². The molecule has 1 unspecified atom stereocenters. The van der Waals surface area contributed by atoms with Gasteiger partial charge < -0.3 is 10.5 Å². The van der Waals surface area contributed by atoms with E-state index in [1.54, 1.807) is 7.11 Å². The van der Waals surface area contributed by atoms with Gasteiger partial charge in [0.05, 0.1) is 7.11 Å². The highest BCUT2D eigenvalue weighted by Gasteiger charge is 2.13. The lowest BCUT2D eigenvalue weighted by Crippen LogP contribution is -2.19. The topological polar surface area (TPSA) is 35.2 Å². The zero-order valence-corrected chi connectivity index (χ0v) is 11.3. The van der Waals surface area contributed by atoms with Gasteiger partial charge in [-0.05, 0) is 44.4 Å². The molecule has 84 valence electrons. The molecule has 0 bridgehead atoms. The second-order valence-corrected chi connectivity index (χ2v) is 4.85. The SMILES string of the molecule is COc1c(C)c(Br)cc(C)c1CC(C)N. The van der Waals surface area contributed by atoms with Gasteiger partial charge in [0.1, 0.15) is 5.75 Å². The van der Waals surface area contributed by atoms with Crippen molar-refractivity contribution in [1.29, 1.82) is 0 Å². The van der Waals surface area contributed by atoms with Crippen LogP contribution >= 0.6 is 15.9 Å². The van der Waals surface area contributed by atoms with Crippen LogP contribution < -0.4 is 10.5 Å². The summed E-state index contributed by atoms with van der Waals surface area (Å²) in [4.78, 5) is 0. The zero-order valence-electron chi connectivity index (χ0n) is 9.73. The maximum atomic E-state index is 5.84. The first-order valence-electron chi connectivity index (χ1n) is 5.05. The predicted octanol–water partition coefficient (Wildman–Crippen LogP) is 2.96. The summed E-state index contributed by atoms with van der Waals surface area (Å²) in [7, 11) is 1.71. The number of ether oxygens (including phenoxy) is 1. The lowest BCUT2D eigenvalue weighted by atomic mass is 9.98. The third-order valence-corrected chi connectivity index (χ3v) is 3.35. The first-order chi connectivity index (χ1) is 6.97. The number of nitrogens with two attached hydrogens (primary N) is 1. The summed E-state index contributed by atoms with van der Waals surface area (Å²) >= 11 is 3.53. The summed E-state index contributed by atoms with van der Waals surface area (Å²) < 4.78 is 6.54. The Morgan fingerprint density at radius 1 is 1.47 bits per heavy atom. The van der Waals surface area contributed by atoms with Gasteiger partial charge in [0.15, 0.2) is 0 Å². The van der Waals surface area contributed by atoms with Gasteiger partial charge in [-0.3, -0.25) is 0 Å². The molecule has 0 saturated heterocycles. The number of methoxy groups -OCH3 is 1.